The lowest BCUT2D eigenvalue weighted by Crippen LogP contribution is -2.66. The number of anilines is 2. The molecule has 1 aliphatic heterocycles. The minimum atomic E-state index is -0.835. The van der Waals surface area contributed by atoms with Crippen molar-refractivity contribution in [2.45, 2.75) is 12.1 Å². The zero-order valence-corrected chi connectivity index (χ0v) is 21.2. The van der Waals surface area contributed by atoms with E-state index in [-0.39, 0.29) is 18.4 Å². The van der Waals surface area contributed by atoms with Crippen LogP contribution in [-0.4, -0.2) is 43.6 Å². The second kappa shape index (κ2) is 10.7. The summed E-state index contributed by atoms with van der Waals surface area (Å²) in [6.07, 6.45) is -0.835. The number of amides is 2. The third-order valence-corrected chi connectivity index (χ3v) is 6.36. The third kappa shape index (κ3) is 5.65. The average molecular weight is 534 g/mol. The van der Waals surface area contributed by atoms with Crippen LogP contribution in [0, 0.1) is 0 Å². The molecule has 2 atom stereocenters. The number of rotatable bonds is 8. The van der Waals surface area contributed by atoms with Crippen LogP contribution in [0.2, 0.25) is 15.1 Å². The Kier molecular flexibility index (Phi) is 7.72. The molecule has 1 saturated heterocycles. The van der Waals surface area contributed by atoms with E-state index in [1.807, 2.05) is 43.3 Å². The normalized spacial score (nSPS) is 17.1. The number of nitrogens with zero attached hydrogens (tertiary/aromatic N) is 2. The SMILES string of the molecule is CN(C)c1ccc(C2C(Oc3ccc(Cl)cc3Cl)C(=O)N2NCC(=O)Nc2ccccc2Cl)cc1. The van der Waals surface area contributed by atoms with Gasteiger partial charge in [0, 0.05) is 24.8 Å². The number of benzene rings is 3. The van der Waals surface area contributed by atoms with Gasteiger partial charge >= 0.3 is 0 Å². The van der Waals surface area contributed by atoms with Crippen LogP contribution < -0.4 is 20.4 Å². The summed E-state index contributed by atoms with van der Waals surface area (Å²) in [7, 11) is 3.89. The molecule has 2 N–H and O–H groups in total. The lowest BCUT2D eigenvalue weighted by atomic mass is 9.92. The largest absolute Gasteiger partial charge is 0.476 e. The molecule has 1 heterocycles. The number of hydrazine groups is 1. The Hall–Kier alpha value is -2.97. The van der Waals surface area contributed by atoms with Crippen LogP contribution in [0.15, 0.2) is 66.7 Å². The molecule has 2 unspecified atom stereocenters. The molecule has 0 aliphatic carbocycles. The van der Waals surface area contributed by atoms with E-state index in [2.05, 4.69) is 10.7 Å². The van der Waals surface area contributed by atoms with E-state index in [0.29, 0.717) is 26.5 Å². The monoisotopic (exact) mass is 532 g/mol. The van der Waals surface area contributed by atoms with Crippen molar-refractivity contribution < 1.29 is 14.3 Å². The molecule has 182 valence electrons. The van der Waals surface area contributed by atoms with E-state index in [4.69, 9.17) is 39.5 Å². The summed E-state index contributed by atoms with van der Waals surface area (Å²) in [6.45, 7) is -0.141. The fourth-order valence-electron chi connectivity index (χ4n) is 3.67. The Morgan fingerprint density at radius 1 is 1.00 bits per heavy atom. The summed E-state index contributed by atoms with van der Waals surface area (Å²) in [6, 6.07) is 19.0. The van der Waals surface area contributed by atoms with E-state index in [1.54, 1.807) is 42.5 Å². The quantitative estimate of drug-likeness (QED) is 0.390. The predicted molar refractivity (Wildman–Crippen MR) is 139 cm³/mol. The van der Waals surface area contributed by atoms with Crippen molar-refractivity contribution in [3.05, 3.63) is 87.4 Å². The Bertz CT molecular complexity index is 1240. The first kappa shape index (κ1) is 25.1. The highest BCUT2D eigenvalue weighted by molar-refractivity contribution is 6.35. The molecule has 0 bridgehead atoms. The lowest BCUT2D eigenvalue weighted by molar-refractivity contribution is -0.171. The third-order valence-electron chi connectivity index (χ3n) is 5.50. The summed E-state index contributed by atoms with van der Waals surface area (Å²) in [5.74, 6) is -0.332. The molecule has 0 aromatic heterocycles. The van der Waals surface area contributed by atoms with Crippen molar-refractivity contribution >= 4 is 58.0 Å². The van der Waals surface area contributed by atoms with E-state index >= 15 is 0 Å². The van der Waals surface area contributed by atoms with Gasteiger partial charge in [0.15, 0.2) is 0 Å². The van der Waals surface area contributed by atoms with Crippen molar-refractivity contribution in [1.29, 1.82) is 0 Å². The number of β-lactam (4-membered cyclic amide) rings is 1. The van der Waals surface area contributed by atoms with Crippen LogP contribution in [0.1, 0.15) is 11.6 Å². The zero-order chi connectivity index (χ0) is 25.1. The second-order valence-electron chi connectivity index (χ2n) is 8.12. The molecular weight excluding hydrogens is 511 g/mol. The first-order chi connectivity index (χ1) is 16.7. The van der Waals surface area contributed by atoms with Crippen LogP contribution in [0.4, 0.5) is 11.4 Å². The molecule has 0 spiro atoms. The first-order valence-electron chi connectivity index (χ1n) is 10.7. The standard InChI is InChI=1S/C25H23Cl3N4O3/c1-31(2)17-10-7-15(8-11-17)23-24(35-21-12-9-16(26)13-19(21)28)25(34)32(23)29-14-22(33)30-20-6-4-3-5-18(20)27/h3-13,23-24,29H,14H2,1-2H3,(H,30,33). The fraction of sp³-hybridized carbons (Fsp3) is 0.200. The highest BCUT2D eigenvalue weighted by Gasteiger charge is 2.51. The Labute approximate surface area is 218 Å². The summed E-state index contributed by atoms with van der Waals surface area (Å²) < 4.78 is 5.99. The summed E-state index contributed by atoms with van der Waals surface area (Å²) >= 11 is 18.4. The fourth-order valence-corrected chi connectivity index (χ4v) is 4.30. The number of carbonyl (C=O) groups excluding carboxylic acids is 2. The average Bonchev–Trinajstić information content (AvgIpc) is 2.83. The van der Waals surface area contributed by atoms with Crippen molar-refractivity contribution in [3.63, 3.8) is 0 Å². The predicted octanol–water partition coefficient (Wildman–Crippen LogP) is 5.19. The van der Waals surface area contributed by atoms with Gasteiger partial charge in [-0.2, -0.15) is 0 Å². The lowest BCUT2D eigenvalue weighted by Gasteiger charge is -2.46. The molecule has 4 rings (SSSR count). The van der Waals surface area contributed by atoms with Gasteiger partial charge in [-0.3, -0.25) is 14.6 Å². The maximum absolute atomic E-state index is 13.0. The maximum atomic E-state index is 13.0. The van der Waals surface area contributed by atoms with E-state index in [0.717, 1.165) is 11.3 Å². The molecule has 10 heteroatoms. The number of hydrogen-bond donors (Lipinski definition) is 2. The van der Waals surface area contributed by atoms with Crippen LogP contribution in [0.25, 0.3) is 0 Å². The van der Waals surface area contributed by atoms with E-state index in [1.165, 1.54) is 5.01 Å². The van der Waals surface area contributed by atoms with Crippen LogP contribution in [0.5, 0.6) is 5.75 Å². The molecule has 7 nitrogen and oxygen atoms in total. The number of halogens is 3. The van der Waals surface area contributed by atoms with Gasteiger partial charge in [-0.05, 0) is 48.0 Å². The summed E-state index contributed by atoms with van der Waals surface area (Å²) in [5, 5.41) is 5.31. The number of ether oxygens (including phenoxy) is 1. The highest BCUT2D eigenvalue weighted by atomic mass is 35.5. The van der Waals surface area contributed by atoms with Gasteiger partial charge in [-0.25, -0.2) is 5.43 Å². The molecule has 1 aliphatic rings. The zero-order valence-electron chi connectivity index (χ0n) is 19.0. The number of para-hydroxylation sites is 1. The van der Waals surface area contributed by atoms with Crippen molar-refractivity contribution in [2.75, 3.05) is 30.9 Å². The van der Waals surface area contributed by atoms with Crippen LogP contribution in [0.3, 0.4) is 0 Å². The van der Waals surface area contributed by atoms with Crippen LogP contribution >= 0.6 is 34.8 Å². The van der Waals surface area contributed by atoms with Crippen molar-refractivity contribution in [3.8, 4) is 5.75 Å². The van der Waals surface area contributed by atoms with Gasteiger partial charge in [0.1, 0.15) is 11.8 Å². The topological polar surface area (TPSA) is 73.9 Å². The van der Waals surface area contributed by atoms with Gasteiger partial charge < -0.3 is 15.0 Å². The van der Waals surface area contributed by atoms with E-state index in [9.17, 15) is 9.59 Å². The maximum Gasteiger partial charge on any atom is 0.281 e. The van der Waals surface area contributed by atoms with Crippen LogP contribution in [-0.2, 0) is 9.59 Å². The first-order valence-corrected chi connectivity index (χ1v) is 11.9. The number of carbonyl (C=O) groups is 2. The van der Waals surface area contributed by atoms with E-state index < -0.39 is 12.1 Å². The Balaban J connectivity index is 1.51. The smallest absolute Gasteiger partial charge is 0.281 e. The van der Waals surface area contributed by atoms with Crippen molar-refractivity contribution in [2.24, 2.45) is 0 Å². The Morgan fingerprint density at radius 3 is 2.37 bits per heavy atom. The number of nitrogens with one attached hydrogen (secondary N) is 2. The summed E-state index contributed by atoms with van der Waals surface area (Å²) in [5.41, 5.74) is 5.26. The highest BCUT2D eigenvalue weighted by Crippen LogP contribution is 2.39. The van der Waals surface area contributed by atoms with Gasteiger partial charge in [0.25, 0.3) is 5.91 Å². The molecule has 0 saturated carbocycles. The van der Waals surface area contributed by atoms with Gasteiger partial charge in [0.2, 0.25) is 12.0 Å². The summed E-state index contributed by atoms with van der Waals surface area (Å²) in [4.78, 5) is 27.5. The molecule has 1 fully saturated rings. The van der Waals surface area contributed by atoms with Crippen molar-refractivity contribution in [1.82, 2.24) is 10.4 Å². The molecule has 3 aromatic carbocycles. The minimum absolute atomic E-state index is 0.141. The van der Waals surface area contributed by atoms with Gasteiger partial charge in [-0.1, -0.05) is 59.1 Å². The van der Waals surface area contributed by atoms with Gasteiger partial charge in [0.05, 0.1) is 22.3 Å². The molecule has 3 aromatic rings. The van der Waals surface area contributed by atoms with Gasteiger partial charge in [-0.15, -0.1) is 0 Å². The molecule has 2 amide bonds. The minimum Gasteiger partial charge on any atom is -0.476 e. The molecular formula is C25H23Cl3N4O3. The Morgan fingerprint density at radius 2 is 1.71 bits per heavy atom. The molecule has 35 heavy (non-hydrogen) atoms. The number of hydrogen-bond acceptors (Lipinski definition) is 5. The molecule has 0 radical (unpaired) electrons. The second-order valence-corrected chi connectivity index (χ2v) is 9.37.